The van der Waals surface area contributed by atoms with Crippen LogP contribution in [0.3, 0.4) is 0 Å². The number of aliphatic hydroxyl groups is 32. The summed E-state index contributed by atoms with van der Waals surface area (Å²) in [6.07, 6.45) is -46.9. The molecule has 8 saturated heterocycles. The first-order valence-corrected chi connectivity index (χ1v) is 42.6. The highest BCUT2D eigenvalue weighted by atomic mass is 16.6. The van der Waals surface area contributed by atoms with E-state index in [1.54, 1.807) is 54.6 Å². The minimum absolute atomic E-state index is 0.00357. The average molecular weight is 1880 g/mol. The van der Waals surface area contributed by atoms with E-state index in [1.807, 2.05) is 54.6 Å². The fourth-order valence-corrected chi connectivity index (χ4v) is 16.1. The van der Waals surface area contributed by atoms with Crippen molar-refractivity contribution < 1.29 is 211 Å². The number of ether oxygens (including phenoxy) is 8. The molecule has 1 aromatic heterocycles. The van der Waals surface area contributed by atoms with Gasteiger partial charge in [-0.3, -0.25) is 9.59 Å². The maximum Gasteiger partial charge on any atom is 0.227 e. The van der Waals surface area contributed by atoms with Crippen LogP contribution in [0.4, 0.5) is 5.69 Å². The molecule has 46 heteroatoms. The number of rotatable bonds is 25. The van der Waals surface area contributed by atoms with Crippen molar-refractivity contribution in [2.75, 3.05) is 58.2 Å². The molecule has 9 heterocycles. The van der Waals surface area contributed by atoms with Crippen molar-refractivity contribution in [3.8, 4) is 23.0 Å². The Morgan fingerprint density at radius 1 is 0.356 bits per heavy atom. The summed E-state index contributed by atoms with van der Waals surface area (Å²) in [6.45, 7) is -4.35. The molecule has 0 radical (unpaired) electrons. The topological polar surface area (TPSA) is 798 Å². The highest BCUT2D eigenvalue weighted by Gasteiger charge is 2.52. The smallest absolute Gasteiger partial charge is 0.227 e. The number of Topliss-reactive ketones (excluding diaryl/α,β-unsaturated/α-hetero) is 1. The maximum atomic E-state index is 12.5. The van der Waals surface area contributed by atoms with Crippen molar-refractivity contribution in [1.82, 2.24) is 15.0 Å². The summed E-state index contributed by atoms with van der Waals surface area (Å²) in [5.41, 5.74) is 5.90. The molecule has 4 aromatic carbocycles. The number of anilines is 1. The minimum atomic E-state index is -1.61. The van der Waals surface area contributed by atoms with Crippen LogP contribution in [-0.2, 0) is 66.7 Å². The molecule has 33 N–H and O–H groups in total. The Morgan fingerprint density at radius 3 is 1.16 bits per heavy atom. The van der Waals surface area contributed by atoms with Gasteiger partial charge in [0, 0.05) is 36.9 Å². The molecule has 8 aliphatic rings. The van der Waals surface area contributed by atoms with E-state index in [2.05, 4.69) is 27.5 Å². The van der Waals surface area contributed by atoms with Gasteiger partial charge in [0.15, 0.2) is 6.23 Å². The summed E-state index contributed by atoms with van der Waals surface area (Å²) >= 11 is 0. The molecule has 132 heavy (non-hydrogen) atoms. The number of aromatic nitrogens is 3. The third kappa shape index (κ3) is 26.0. The van der Waals surface area contributed by atoms with Gasteiger partial charge < -0.3 is 207 Å². The third-order valence-corrected chi connectivity index (χ3v) is 24.2. The molecular formula is C86H120N4O42. The van der Waals surface area contributed by atoms with E-state index >= 15 is 0 Å². The Morgan fingerprint density at radius 2 is 0.712 bits per heavy atom. The predicted molar refractivity (Wildman–Crippen MR) is 444 cm³/mol. The van der Waals surface area contributed by atoms with Gasteiger partial charge in [0.05, 0.1) is 96.0 Å². The number of carbonyl (C=O) groups excluding carboxylic acids is 2. The molecule has 0 saturated carbocycles. The summed E-state index contributed by atoms with van der Waals surface area (Å²) in [7, 11) is 0. The Hall–Kier alpha value is -7.14. The van der Waals surface area contributed by atoms with Gasteiger partial charge in [-0.15, -0.1) is 5.10 Å². The largest absolute Gasteiger partial charge is 0.394 e. The SMILES string of the molecule is O=C(Cc1ccc(NC(=O)C[C@H]2O[C@H](CO)[C@@H](O)[C@H](O)[C@@H]2O)cc1)C[C@H]1O[C@H](CO)[C@@H](O)[C@H](O)[C@@H]1O.OC[C@H]1O[C@H](C/C=C/c2cccc(C#C[C@H]3O[C@H](CO)[C@@H](O)[C@H](O)[C@@H]3O)c2)[C@@H](O)[C@@H](O)[C@@H]1O.OC[C@H]1O[C@H](Cc2ccc(-c3ccc(C[C@H]4O[C@H](CO)[C@@H](O)[C@H](O)[C@@H]4O)cc3)cc2)[C@@H](O)[C@@H](O)[C@@H]1O.OC[C@H]1O[C@H](c2cn([C@H]3O[C@H](CO)[C@@H](O)[C@H](O)[C@@H]3O)nn2)[C@@H](O)[C@@H](O)[C@@H]1O. The lowest BCUT2D eigenvalue weighted by Crippen LogP contribution is -2.59. The fraction of sp³-hybridized carbons (Fsp3) is 0.628. The van der Waals surface area contributed by atoms with Crippen molar-refractivity contribution in [1.29, 1.82) is 0 Å². The van der Waals surface area contributed by atoms with E-state index in [-0.39, 0.29) is 37.2 Å². The molecule has 0 spiro atoms. The van der Waals surface area contributed by atoms with E-state index in [0.717, 1.165) is 32.5 Å². The molecule has 8 fully saturated rings. The Labute approximate surface area is 753 Å². The number of amides is 1. The van der Waals surface area contributed by atoms with Crippen LogP contribution in [0, 0.1) is 11.8 Å². The van der Waals surface area contributed by atoms with Crippen LogP contribution < -0.4 is 5.32 Å². The average Bonchev–Trinajstić information content (AvgIpc) is 1.59. The van der Waals surface area contributed by atoms with Crippen molar-refractivity contribution in [2.45, 2.75) is 283 Å². The number of aliphatic hydroxyl groups excluding tert-OH is 32. The van der Waals surface area contributed by atoms with Crippen LogP contribution in [0.1, 0.15) is 65.1 Å². The first kappa shape index (κ1) is 107. The van der Waals surface area contributed by atoms with Gasteiger partial charge in [0.2, 0.25) is 5.91 Å². The van der Waals surface area contributed by atoms with Crippen LogP contribution in [0.15, 0.2) is 109 Å². The van der Waals surface area contributed by atoms with E-state index in [9.17, 15) is 173 Å². The van der Waals surface area contributed by atoms with Crippen molar-refractivity contribution in [3.63, 3.8) is 0 Å². The summed E-state index contributed by atoms with van der Waals surface area (Å²) in [4.78, 5) is 24.8. The number of hydrogen-bond donors (Lipinski definition) is 33. The zero-order chi connectivity index (χ0) is 96.5. The molecule has 8 aliphatic heterocycles. The van der Waals surface area contributed by atoms with Gasteiger partial charge in [-0.2, -0.15) is 0 Å². The lowest BCUT2D eigenvalue weighted by atomic mass is 9.90. The van der Waals surface area contributed by atoms with E-state index in [1.165, 1.54) is 6.20 Å². The first-order chi connectivity index (χ1) is 62.8. The maximum absolute atomic E-state index is 12.5. The Bertz CT molecular complexity index is 4230. The lowest BCUT2D eigenvalue weighted by molar-refractivity contribution is -0.254. The van der Waals surface area contributed by atoms with Gasteiger partial charge in [-0.05, 0) is 64.1 Å². The number of benzene rings is 4. The zero-order valence-electron chi connectivity index (χ0n) is 70.7. The highest BCUT2D eigenvalue weighted by molar-refractivity contribution is 5.91. The highest BCUT2D eigenvalue weighted by Crippen LogP contribution is 2.36. The second-order valence-electron chi connectivity index (χ2n) is 33.4. The standard InChI is InChI=1S/C26H34O10.C23H33NO12.C23H30O10.C14H23N3O10/c27-11-19-23(31)25(33)21(29)17(35-19)9-13-1-5-15(6-2-13)16-7-3-14(4-8-16)10-18-22(30)26(34)24(32)20(12-28)36-18;25-8-15-20(31)22(33)18(29)13(35-15)6-12(27)5-10-1-3-11(4-2-10)24-17(28)7-14-19(30)23(34)21(32)16(9-26)36-14;24-10-16-20(28)22(30)18(26)14(32-16)6-2-5-12-3-1-4-13(9-12)7-8-15-19(27)23(31)21(29)17(11-25)33-15;18-2-5-7(20)9(22)11(24)13(26-5)4-1-17(16-15-4)14-12(25)10(23)8(21)6(3-19)27-14/h1-8,17-34H,9-12H2;1-4,13-16,18-23,25-26,29-34H,5-9H2,(H,24,28);1-5,9,14-31H,6,10-11H2;1,5-14,18-25H,2-3H2/b;;5-2+;/t17-,18-,19-,20-,21-,22-,23-,24-,25-,26-;13-,14-,15-,16-,18-,19-,20-,21-,22-,23-;14-,15-,16-,17-,18-,19-,20-,21-,22-,23-;5-,6-,7-,8-,9+,10+,11+,12+,13-,14+/m1111/s1. The van der Waals surface area contributed by atoms with Crippen molar-refractivity contribution in [2.24, 2.45) is 0 Å². The zero-order valence-corrected chi connectivity index (χ0v) is 70.7. The number of nitrogens with one attached hydrogen (secondary N) is 1. The molecule has 0 unspecified atom stereocenters. The molecule has 736 valence electrons. The molecular weight excluding hydrogens is 1760 g/mol. The molecule has 40 atom stereocenters. The third-order valence-electron chi connectivity index (χ3n) is 24.2. The van der Waals surface area contributed by atoms with Crippen molar-refractivity contribution in [3.05, 3.63) is 143 Å². The van der Waals surface area contributed by atoms with Crippen LogP contribution in [-0.4, -0.2) is 475 Å². The number of hydrogen-bond acceptors (Lipinski definition) is 44. The Balaban J connectivity index is 0.000000184. The van der Waals surface area contributed by atoms with Gasteiger partial charge in [0.25, 0.3) is 0 Å². The van der Waals surface area contributed by atoms with E-state index < -0.39 is 303 Å². The quantitative estimate of drug-likeness (QED) is 0.0241. The Kier molecular flexibility index (Phi) is 39.9. The normalized spacial score (nSPS) is 39.4. The van der Waals surface area contributed by atoms with Crippen LogP contribution in [0.25, 0.3) is 17.2 Å². The molecule has 46 nitrogen and oxygen atoms in total. The fourth-order valence-electron chi connectivity index (χ4n) is 16.1. The summed E-state index contributed by atoms with van der Waals surface area (Å²) < 4.78 is 44.4. The van der Waals surface area contributed by atoms with Gasteiger partial charge >= 0.3 is 0 Å². The molecule has 1 amide bonds. The van der Waals surface area contributed by atoms with Gasteiger partial charge in [-0.1, -0.05) is 102 Å². The number of carbonyl (C=O) groups is 2. The second kappa shape index (κ2) is 49.2. The van der Waals surface area contributed by atoms with E-state index in [0.29, 0.717) is 29.7 Å². The van der Waals surface area contributed by atoms with Crippen LogP contribution >= 0.6 is 0 Å². The molecule has 5 aromatic rings. The lowest BCUT2D eigenvalue weighted by Gasteiger charge is -2.40. The first-order valence-electron chi connectivity index (χ1n) is 42.6. The summed E-state index contributed by atoms with van der Waals surface area (Å²) in [6, 6.07) is 28.4. The van der Waals surface area contributed by atoms with Gasteiger partial charge in [0.1, 0.15) is 219 Å². The summed E-state index contributed by atoms with van der Waals surface area (Å²) in [5, 5.41) is 323. The molecule has 13 rings (SSSR count). The molecule has 0 aliphatic carbocycles. The molecule has 0 bridgehead atoms. The van der Waals surface area contributed by atoms with Crippen LogP contribution in [0.2, 0.25) is 0 Å². The predicted octanol–water partition coefficient (Wildman–Crippen LogP) is -13.8. The van der Waals surface area contributed by atoms with E-state index in [4.69, 9.17) is 37.9 Å². The van der Waals surface area contributed by atoms with Crippen LogP contribution in [0.5, 0.6) is 0 Å². The second-order valence-corrected chi connectivity index (χ2v) is 33.4. The number of nitrogens with zero attached hydrogens (tertiary/aromatic N) is 3. The monoisotopic (exact) mass is 1880 g/mol. The number of ketones is 1. The minimum Gasteiger partial charge on any atom is -0.394 e. The summed E-state index contributed by atoms with van der Waals surface area (Å²) in [5.74, 6) is 4.68. The van der Waals surface area contributed by atoms with Gasteiger partial charge in [-0.25, -0.2) is 4.68 Å². The van der Waals surface area contributed by atoms with Crippen molar-refractivity contribution >= 4 is 23.5 Å².